The van der Waals surface area contributed by atoms with Gasteiger partial charge in [0.15, 0.2) is 0 Å². The number of nitrogens with zero attached hydrogens (tertiary/aromatic N) is 2. The standard InChI is InChI=1S/C18H18N2O/c1-3-11-20-17-14(8-6-10-19-17)12-16(18(20)21)15-9-5-4-7-13(15)2/h4-10,12H,3,11H2,1-2H3. The fraction of sp³-hybridized carbons (Fsp3) is 0.222. The number of fused-ring (bicyclic) bond motifs is 1. The summed E-state index contributed by atoms with van der Waals surface area (Å²) < 4.78 is 1.79. The van der Waals surface area contributed by atoms with Crippen molar-refractivity contribution in [1.29, 1.82) is 0 Å². The van der Waals surface area contributed by atoms with E-state index < -0.39 is 0 Å². The topological polar surface area (TPSA) is 34.9 Å². The molecule has 3 heteroatoms. The second-order valence-electron chi connectivity index (χ2n) is 5.25. The highest BCUT2D eigenvalue weighted by molar-refractivity contribution is 5.82. The molecular formula is C18H18N2O. The molecule has 0 saturated heterocycles. The van der Waals surface area contributed by atoms with E-state index in [-0.39, 0.29) is 5.56 Å². The van der Waals surface area contributed by atoms with Gasteiger partial charge in [0.1, 0.15) is 5.65 Å². The Morgan fingerprint density at radius 3 is 2.67 bits per heavy atom. The van der Waals surface area contributed by atoms with E-state index in [4.69, 9.17) is 0 Å². The highest BCUT2D eigenvalue weighted by Crippen LogP contribution is 2.23. The predicted molar refractivity (Wildman–Crippen MR) is 86.5 cm³/mol. The minimum atomic E-state index is 0.0392. The van der Waals surface area contributed by atoms with Crippen molar-refractivity contribution in [3.05, 3.63) is 64.6 Å². The maximum atomic E-state index is 12.8. The van der Waals surface area contributed by atoms with Crippen LogP contribution in [0.4, 0.5) is 0 Å². The average molecular weight is 278 g/mol. The van der Waals surface area contributed by atoms with Crippen molar-refractivity contribution in [3.63, 3.8) is 0 Å². The summed E-state index contributed by atoms with van der Waals surface area (Å²) in [7, 11) is 0. The molecule has 2 heterocycles. The molecule has 0 saturated carbocycles. The first kappa shape index (κ1) is 13.6. The molecule has 0 radical (unpaired) electrons. The van der Waals surface area contributed by atoms with Crippen molar-refractivity contribution < 1.29 is 0 Å². The van der Waals surface area contributed by atoms with Crippen molar-refractivity contribution in [3.8, 4) is 11.1 Å². The van der Waals surface area contributed by atoms with E-state index in [1.807, 2.05) is 49.4 Å². The molecule has 3 aromatic rings. The molecule has 1 aromatic carbocycles. The zero-order valence-electron chi connectivity index (χ0n) is 12.3. The molecule has 0 unspecified atom stereocenters. The summed E-state index contributed by atoms with van der Waals surface area (Å²) in [6.45, 7) is 4.79. The van der Waals surface area contributed by atoms with E-state index in [2.05, 4.69) is 11.9 Å². The van der Waals surface area contributed by atoms with E-state index in [0.717, 1.165) is 34.1 Å². The zero-order valence-corrected chi connectivity index (χ0v) is 12.3. The molecule has 0 aliphatic carbocycles. The lowest BCUT2D eigenvalue weighted by atomic mass is 10.0. The Balaban J connectivity index is 2.37. The molecule has 0 aliphatic heterocycles. The monoisotopic (exact) mass is 278 g/mol. The number of hydrogen-bond donors (Lipinski definition) is 0. The number of aryl methyl sites for hydroxylation is 2. The quantitative estimate of drug-likeness (QED) is 0.730. The maximum absolute atomic E-state index is 12.8. The van der Waals surface area contributed by atoms with Crippen molar-refractivity contribution in [2.24, 2.45) is 0 Å². The number of rotatable bonds is 3. The highest BCUT2D eigenvalue weighted by Gasteiger charge is 2.12. The Morgan fingerprint density at radius 1 is 1.10 bits per heavy atom. The molecule has 3 rings (SSSR count). The van der Waals surface area contributed by atoms with Crippen molar-refractivity contribution in [2.45, 2.75) is 26.8 Å². The third-order valence-corrected chi connectivity index (χ3v) is 3.73. The summed E-state index contributed by atoms with van der Waals surface area (Å²) in [6, 6.07) is 13.9. The fourth-order valence-electron chi connectivity index (χ4n) is 2.71. The molecule has 0 spiro atoms. The van der Waals surface area contributed by atoms with Crippen LogP contribution in [-0.2, 0) is 6.54 Å². The smallest absolute Gasteiger partial charge is 0.260 e. The van der Waals surface area contributed by atoms with Crippen LogP contribution in [0.2, 0.25) is 0 Å². The first-order valence-corrected chi connectivity index (χ1v) is 7.27. The Kier molecular flexibility index (Phi) is 3.57. The van der Waals surface area contributed by atoms with Crippen LogP contribution < -0.4 is 5.56 Å². The van der Waals surface area contributed by atoms with Crippen LogP contribution in [0.3, 0.4) is 0 Å². The third kappa shape index (κ3) is 2.35. The van der Waals surface area contributed by atoms with Gasteiger partial charge in [-0.25, -0.2) is 4.98 Å². The number of pyridine rings is 2. The zero-order chi connectivity index (χ0) is 14.8. The van der Waals surface area contributed by atoms with Gasteiger partial charge >= 0.3 is 0 Å². The largest absolute Gasteiger partial charge is 0.292 e. The minimum absolute atomic E-state index is 0.0392. The van der Waals surface area contributed by atoms with Gasteiger partial charge in [0.2, 0.25) is 0 Å². The molecule has 0 bridgehead atoms. The number of aromatic nitrogens is 2. The second-order valence-corrected chi connectivity index (χ2v) is 5.25. The molecule has 106 valence electrons. The second kappa shape index (κ2) is 5.52. The lowest BCUT2D eigenvalue weighted by Gasteiger charge is -2.12. The Hall–Kier alpha value is -2.42. The molecule has 2 aromatic heterocycles. The number of hydrogen-bond acceptors (Lipinski definition) is 2. The van der Waals surface area contributed by atoms with Crippen LogP contribution >= 0.6 is 0 Å². The Bertz CT molecular complexity index is 849. The summed E-state index contributed by atoms with van der Waals surface area (Å²) in [5.74, 6) is 0. The van der Waals surface area contributed by atoms with Crippen LogP contribution in [0.5, 0.6) is 0 Å². The van der Waals surface area contributed by atoms with E-state index in [9.17, 15) is 4.79 Å². The first-order valence-electron chi connectivity index (χ1n) is 7.27. The number of benzene rings is 1. The van der Waals surface area contributed by atoms with Gasteiger partial charge in [-0.1, -0.05) is 31.2 Å². The lowest BCUT2D eigenvalue weighted by molar-refractivity contribution is 0.673. The Labute approximate surface area is 123 Å². The van der Waals surface area contributed by atoms with Crippen molar-refractivity contribution in [1.82, 2.24) is 9.55 Å². The maximum Gasteiger partial charge on any atom is 0.260 e. The molecule has 0 N–H and O–H groups in total. The first-order chi connectivity index (χ1) is 10.2. The van der Waals surface area contributed by atoms with Gasteiger partial charge in [0.25, 0.3) is 5.56 Å². The summed E-state index contributed by atoms with van der Waals surface area (Å²) in [6.07, 6.45) is 2.64. The van der Waals surface area contributed by atoms with Gasteiger partial charge < -0.3 is 0 Å². The SMILES string of the molecule is CCCn1c(=O)c(-c2ccccc2C)cc2cccnc21. The molecule has 3 nitrogen and oxygen atoms in total. The average Bonchev–Trinajstić information content (AvgIpc) is 2.51. The lowest BCUT2D eigenvalue weighted by Crippen LogP contribution is -2.23. The van der Waals surface area contributed by atoms with Crippen LogP contribution in [0.15, 0.2) is 53.5 Å². The van der Waals surface area contributed by atoms with Gasteiger partial charge in [-0.3, -0.25) is 9.36 Å². The highest BCUT2D eigenvalue weighted by atomic mass is 16.1. The van der Waals surface area contributed by atoms with E-state index in [0.29, 0.717) is 6.54 Å². The predicted octanol–water partition coefficient (Wildman–Crippen LogP) is 3.78. The van der Waals surface area contributed by atoms with Gasteiger partial charge in [0, 0.05) is 23.7 Å². The van der Waals surface area contributed by atoms with E-state index in [1.165, 1.54) is 0 Å². The van der Waals surface area contributed by atoms with Gasteiger partial charge in [-0.2, -0.15) is 0 Å². The summed E-state index contributed by atoms with van der Waals surface area (Å²) in [4.78, 5) is 17.2. The van der Waals surface area contributed by atoms with Gasteiger partial charge in [0.05, 0.1) is 0 Å². The summed E-state index contributed by atoms with van der Waals surface area (Å²) in [5, 5.41) is 1.00. The molecule has 21 heavy (non-hydrogen) atoms. The third-order valence-electron chi connectivity index (χ3n) is 3.73. The van der Waals surface area contributed by atoms with Gasteiger partial charge in [-0.05, 0) is 42.7 Å². The Morgan fingerprint density at radius 2 is 1.90 bits per heavy atom. The molecular weight excluding hydrogens is 260 g/mol. The molecule has 0 amide bonds. The molecule has 0 aliphatic rings. The van der Waals surface area contributed by atoms with Crippen LogP contribution in [0.1, 0.15) is 18.9 Å². The van der Waals surface area contributed by atoms with Crippen LogP contribution in [0, 0.1) is 6.92 Å². The van der Waals surface area contributed by atoms with E-state index in [1.54, 1.807) is 10.8 Å². The fourth-order valence-corrected chi connectivity index (χ4v) is 2.71. The van der Waals surface area contributed by atoms with Crippen LogP contribution in [-0.4, -0.2) is 9.55 Å². The van der Waals surface area contributed by atoms with Gasteiger partial charge in [-0.15, -0.1) is 0 Å². The van der Waals surface area contributed by atoms with Crippen molar-refractivity contribution in [2.75, 3.05) is 0 Å². The molecule has 0 fully saturated rings. The van der Waals surface area contributed by atoms with Crippen LogP contribution in [0.25, 0.3) is 22.2 Å². The minimum Gasteiger partial charge on any atom is -0.292 e. The normalized spacial score (nSPS) is 11.0. The molecule has 0 atom stereocenters. The van der Waals surface area contributed by atoms with Crippen molar-refractivity contribution >= 4 is 11.0 Å². The summed E-state index contributed by atoms with van der Waals surface area (Å²) in [5.41, 5.74) is 3.67. The summed E-state index contributed by atoms with van der Waals surface area (Å²) >= 11 is 0. The van der Waals surface area contributed by atoms with E-state index >= 15 is 0 Å².